The van der Waals surface area contributed by atoms with Crippen molar-refractivity contribution in [2.24, 2.45) is 28.6 Å². The summed E-state index contributed by atoms with van der Waals surface area (Å²) in [6.45, 7) is 5.83. The fraction of sp³-hybridized carbons (Fsp3) is 0.810. The molecule has 138 valence electrons. The lowest BCUT2D eigenvalue weighted by Crippen LogP contribution is -2.58. The highest BCUT2D eigenvalue weighted by Crippen LogP contribution is 2.67. The highest BCUT2D eigenvalue weighted by molar-refractivity contribution is 5.92. The third-order valence-corrected chi connectivity index (χ3v) is 8.71. The smallest absolute Gasteiger partial charge is 0.161 e. The van der Waals surface area contributed by atoms with E-state index in [0.29, 0.717) is 31.1 Å². The third-order valence-electron chi connectivity index (χ3n) is 8.71. The van der Waals surface area contributed by atoms with Gasteiger partial charge < -0.3 is 10.2 Å². The van der Waals surface area contributed by atoms with Gasteiger partial charge in [0.2, 0.25) is 0 Å². The predicted molar refractivity (Wildman–Crippen MR) is 93.7 cm³/mol. The van der Waals surface area contributed by atoms with E-state index in [-0.39, 0.29) is 28.3 Å². The van der Waals surface area contributed by atoms with Crippen LogP contribution in [0.2, 0.25) is 0 Å². The first-order valence-electron chi connectivity index (χ1n) is 9.80. The number of Topliss-reactive ketones (excluding diaryl/α,β-unsaturated/α-hetero) is 1. The summed E-state index contributed by atoms with van der Waals surface area (Å²) in [5.74, 6) is 1.05. The summed E-state index contributed by atoms with van der Waals surface area (Å²) in [4.78, 5) is 24.1. The topological polar surface area (TPSA) is 74.6 Å². The maximum absolute atomic E-state index is 12.2. The molecule has 0 aromatic heterocycles. The zero-order valence-corrected chi connectivity index (χ0v) is 15.5. The minimum absolute atomic E-state index is 0.109. The molecule has 4 nitrogen and oxygen atoms in total. The molecule has 0 amide bonds. The largest absolute Gasteiger partial charge is 0.389 e. The molecule has 3 saturated carbocycles. The molecule has 0 saturated heterocycles. The molecule has 2 N–H and O–H groups in total. The monoisotopic (exact) mass is 346 g/mol. The lowest BCUT2D eigenvalue weighted by Gasteiger charge is -2.59. The lowest BCUT2D eigenvalue weighted by molar-refractivity contribution is -0.162. The predicted octanol–water partition coefficient (Wildman–Crippen LogP) is 2.81. The molecule has 0 spiro atoms. The molecule has 3 fully saturated rings. The van der Waals surface area contributed by atoms with Crippen molar-refractivity contribution in [3.05, 3.63) is 11.6 Å². The van der Waals surface area contributed by atoms with Gasteiger partial charge in [-0.25, -0.2) is 0 Å². The Morgan fingerprint density at radius 2 is 1.84 bits per heavy atom. The molecule has 0 aromatic rings. The maximum Gasteiger partial charge on any atom is 0.161 e. The van der Waals surface area contributed by atoms with Crippen LogP contribution >= 0.6 is 0 Å². The normalized spacial score (nSPS) is 52.0. The molecule has 4 heteroatoms. The zero-order valence-electron chi connectivity index (χ0n) is 15.5. The van der Waals surface area contributed by atoms with Gasteiger partial charge in [-0.05, 0) is 80.3 Å². The van der Waals surface area contributed by atoms with Crippen LogP contribution in [-0.2, 0) is 9.59 Å². The first-order valence-corrected chi connectivity index (χ1v) is 9.80. The summed E-state index contributed by atoms with van der Waals surface area (Å²) in [6, 6.07) is 0. The van der Waals surface area contributed by atoms with Gasteiger partial charge in [0.25, 0.3) is 0 Å². The van der Waals surface area contributed by atoms with Crippen LogP contribution in [0.4, 0.5) is 0 Å². The molecule has 4 aliphatic rings. The van der Waals surface area contributed by atoms with Crippen molar-refractivity contribution in [2.75, 3.05) is 0 Å². The molecule has 4 aliphatic carbocycles. The molecule has 0 bridgehead atoms. The minimum Gasteiger partial charge on any atom is -0.389 e. The van der Waals surface area contributed by atoms with E-state index < -0.39 is 11.7 Å². The molecule has 0 unspecified atom stereocenters. The van der Waals surface area contributed by atoms with E-state index in [1.54, 1.807) is 6.08 Å². The average molecular weight is 346 g/mol. The lowest BCUT2D eigenvalue weighted by atomic mass is 9.46. The van der Waals surface area contributed by atoms with E-state index >= 15 is 0 Å². The van der Waals surface area contributed by atoms with Crippen molar-refractivity contribution in [2.45, 2.75) is 77.4 Å². The Hall–Kier alpha value is -1.00. The Morgan fingerprint density at radius 1 is 1.16 bits per heavy atom. The number of ketones is 2. The number of aliphatic hydroxyl groups is 2. The van der Waals surface area contributed by atoms with Crippen LogP contribution in [0.1, 0.15) is 65.7 Å². The van der Waals surface area contributed by atoms with E-state index in [1.807, 2.05) is 0 Å². The summed E-state index contributed by atoms with van der Waals surface area (Å²) in [6.07, 6.45) is 6.39. The van der Waals surface area contributed by atoms with Gasteiger partial charge in [0.1, 0.15) is 5.60 Å². The summed E-state index contributed by atoms with van der Waals surface area (Å²) in [7, 11) is 0. The SMILES string of the molecule is CC(=O)[C@@]1(O)CC[C@H]2[C@@H]3C[C@@H](O)C4=CC(=O)CC[C@]4(C)[C@H]3CC[C@@]21C. The highest BCUT2D eigenvalue weighted by atomic mass is 16.3. The molecule has 25 heavy (non-hydrogen) atoms. The molecular weight excluding hydrogens is 316 g/mol. The van der Waals surface area contributed by atoms with E-state index in [4.69, 9.17) is 0 Å². The van der Waals surface area contributed by atoms with Crippen LogP contribution < -0.4 is 0 Å². The van der Waals surface area contributed by atoms with Gasteiger partial charge in [-0.2, -0.15) is 0 Å². The molecule has 0 aromatic carbocycles. The van der Waals surface area contributed by atoms with Crippen LogP contribution in [0.15, 0.2) is 11.6 Å². The summed E-state index contributed by atoms with van der Waals surface area (Å²) >= 11 is 0. The van der Waals surface area contributed by atoms with Gasteiger partial charge in [0.15, 0.2) is 11.6 Å². The number of hydrogen-bond acceptors (Lipinski definition) is 4. The van der Waals surface area contributed by atoms with Crippen LogP contribution in [0, 0.1) is 28.6 Å². The Morgan fingerprint density at radius 3 is 2.52 bits per heavy atom. The van der Waals surface area contributed by atoms with Crippen LogP contribution in [0.3, 0.4) is 0 Å². The fourth-order valence-corrected chi connectivity index (χ4v) is 7.20. The second kappa shape index (κ2) is 5.26. The van der Waals surface area contributed by atoms with Gasteiger partial charge in [-0.1, -0.05) is 13.8 Å². The summed E-state index contributed by atoms with van der Waals surface area (Å²) in [5, 5.41) is 22.0. The number of carbonyl (C=O) groups is 2. The van der Waals surface area contributed by atoms with Crippen molar-refractivity contribution in [3.8, 4) is 0 Å². The van der Waals surface area contributed by atoms with Gasteiger partial charge in [-0.3, -0.25) is 9.59 Å². The minimum atomic E-state index is -1.22. The Labute approximate surface area is 149 Å². The van der Waals surface area contributed by atoms with Gasteiger partial charge in [0, 0.05) is 11.8 Å². The van der Waals surface area contributed by atoms with E-state index in [1.165, 1.54) is 6.92 Å². The summed E-state index contributed by atoms with van der Waals surface area (Å²) in [5.41, 5.74) is -0.780. The quantitative estimate of drug-likeness (QED) is 0.766. The molecule has 0 aliphatic heterocycles. The molecule has 7 atom stereocenters. The maximum atomic E-state index is 12.2. The van der Waals surface area contributed by atoms with Crippen LogP contribution in [0.5, 0.6) is 0 Å². The molecule has 0 heterocycles. The van der Waals surface area contributed by atoms with E-state index in [0.717, 1.165) is 31.3 Å². The first-order chi connectivity index (χ1) is 11.6. The van der Waals surface area contributed by atoms with Gasteiger partial charge >= 0.3 is 0 Å². The Balaban J connectivity index is 1.73. The fourth-order valence-electron chi connectivity index (χ4n) is 7.20. The molecule has 0 radical (unpaired) electrons. The van der Waals surface area contributed by atoms with E-state index in [9.17, 15) is 19.8 Å². The third kappa shape index (κ3) is 2.07. The number of hydrogen-bond donors (Lipinski definition) is 2. The first kappa shape index (κ1) is 17.4. The Kier molecular flexibility index (Phi) is 3.66. The van der Waals surface area contributed by atoms with Gasteiger partial charge in [0.05, 0.1) is 6.10 Å². The van der Waals surface area contributed by atoms with Crippen LogP contribution in [-0.4, -0.2) is 33.5 Å². The number of rotatable bonds is 1. The second-order valence-corrected chi connectivity index (χ2v) is 9.52. The number of carbonyl (C=O) groups excluding carboxylic acids is 2. The van der Waals surface area contributed by atoms with Crippen molar-refractivity contribution in [1.29, 1.82) is 0 Å². The zero-order chi connectivity index (χ0) is 18.2. The number of aliphatic hydroxyl groups excluding tert-OH is 1. The summed E-state index contributed by atoms with van der Waals surface area (Å²) < 4.78 is 0. The van der Waals surface area contributed by atoms with E-state index in [2.05, 4.69) is 13.8 Å². The standard InChI is InChI=1S/C21H30O4/c1-12(22)21(25)9-6-16-14-11-18(24)17-10-13(23)4-7-19(17,2)15(14)5-8-20(16,21)3/h10,14-16,18,24-25H,4-9,11H2,1-3H3/t14-,15+,16+,18-,19-,20+,21+/m1/s1. The van der Waals surface area contributed by atoms with Crippen molar-refractivity contribution >= 4 is 11.6 Å². The Bertz CT molecular complexity index is 667. The van der Waals surface area contributed by atoms with Gasteiger partial charge in [-0.15, -0.1) is 0 Å². The average Bonchev–Trinajstić information content (AvgIpc) is 2.83. The highest BCUT2D eigenvalue weighted by Gasteiger charge is 2.66. The molecule has 4 rings (SSSR count). The second-order valence-electron chi connectivity index (χ2n) is 9.52. The van der Waals surface area contributed by atoms with Crippen LogP contribution in [0.25, 0.3) is 0 Å². The number of fused-ring (bicyclic) bond motifs is 5. The van der Waals surface area contributed by atoms with Crippen molar-refractivity contribution < 1.29 is 19.8 Å². The van der Waals surface area contributed by atoms with Crippen molar-refractivity contribution in [3.63, 3.8) is 0 Å². The van der Waals surface area contributed by atoms with Crippen molar-refractivity contribution in [1.82, 2.24) is 0 Å². The molecular formula is C21H30O4.